The fraction of sp³-hybridized carbons (Fsp3) is 0.200. The number of hydrogen-bond donors (Lipinski definition) is 2. The van der Waals surface area contributed by atoms with Gasteiger partial charge in [0.2, 0.25) is 0 Å². The number of nitrogens with one attached hydrogen (secondary N) is 1. The Morgan fingerprint density at radius 1 is 1.05 bits per heavy atom. The van der Waals surface area contributed by atoms with Gasteiger partial charge in [-0.2, -0.15) is 0 Å². The number of hydrogen-bond acceptors (Lipinski definition) is 4. The standard InChI is InChI=1S/C15H17NO3S/c1-2-20(18,19)15-6-4-3-5-14(15)16-11-12-7-9-13(17)10-8-12/h3-10,16-17H,2,11H2,1H3. The van der Waals surface area contributed by atoms with Gasteiger partial charge in [0.25, 0.3) is 0 Å². The van der Waals surface area contributed by atoms with E-state index in [0.29, 0.717) is 17.1 Å². The van der Waals surface area contributed by atoms with Gasteiger partial charge in [-0.05, 0) is 29.8 Å². The second-order valence-electron chi connectivity index (χ2n) is 4.42. The number of phenols is 1. The summed E-state index contributed by atoms with van der Waals surface area (Å²) in [5.74, 6) is 0.285. The maximum absolute atomic E-state index is 12.0. The number of aromatic hydroxyl groups is 1. The molecule has 0 spiro atoms. The molecule has 0 bridgehead atoms. The van der Waals surface area contributed by atoms with Crippen molar-refractivity contribution < 1.29 is 13.5 Å². The molecule has 5 heteroatoms. The molecule has 0 aliphatic rings. The summed E-state index contributed by atoms with van der Waals surface area (Å²) in [7, 11) is -3.24. The van der Waals surface area contributed by atoms with Gasteiger partial charge in [0.15, 0.2) is 9.84 Å². The van der Waals surface area contributed by atoms with Gasteiger partial charge in [0.05, 0.1) is 16.3 Å². The highest BCUT2D eigenvalue weighted by atomic mass is 32.2. The lowest BCUT2D eigenvalue weighted by molar-refractivity contribution is 0.475. The van der Waals surface area contributed by atoms with E-state index in [2.05, 4.69) is 5.32 Å². The molecule has 0 aliphatic heterocycles. The molecule has 2 N–H and O–H groups in total. The number of para-hydroxylation sites is 1. The quantitative estimate of drug-likeness (QED) is 0.889. The lowest BCUT2D eigenvalue weighted by Crippen LogP contribution is -2.09. The van der Waals surface area contributed by atoms with Crippen molar-refractivity contribution in [2.45, 2.75) is 18.4 Å². The third-order valence-electron chi connectivity index (χ3n) is 3.02. The summed E-state index contributed by atoms with van der Waals surface area (Å²) in [6.45, 7) is 2.13. The third kappa shape index (κ3) is 3.30. The molecule has 0 radical (unpaired) electrons. The van der Waals surface area contributed by atoms with Crippen LogP contribution in [-0.4, -0.2) is 19.3 Å². The summed E-state index contributed by atoms with van der Waals surface area (Å²) in [6, 6.07) is 13.7. The average Bonchev–Trinajstić information content (AvgIpc) is 2.47. The number of rotatable bonds is 5. The minimum atomic E-state index is -3.24. The molecule has 2 rings (SSSR count). The fourth-order valence-corrected chi connectivity index (χ4v) is 2.92. The molecule has 4 nitrogen and oxygen atoms in total. The van der Waals surface area contributed by atoms with E-state index < -0.39 is 9.84 Å². The molecule has 0 unspecified atom stereocenters. The van der Waals surface area contributed by atoms with Crippen LogP contribution in [0.3, 0.4) is 0 Å². The van der Waals surface area contributed by atoms with Crippen molar-refractivity contribution in [1.82, 2.24) is 0 Å². The summed E-state index contributed by atoms with van der Waals surface area (Å²) in [5.41, 5.74) is 1.56. The van der Waals surface area contributed by atoms with Crippen LogP contribution in [0.1, 0.15) is 12.5 Å². The van der Waals surface area contributed by atoms with Gasteiger partial charge in [-0.15, -0.1) is 0 Å². The molecular weight excluding hydrogens is 274 g/mol. The van der Waals surface area contributed by atoms with Crippen LogP contribution in [0.5, 0.6) is 5.75 Å². The molecule has 0 aromatic heterocycles. The molecule has 0 aliphatic carbocycles. The van der Waals surface area contributed by atoms with Crippen molar-refractivity contribution in [3.63, 3.8) is 0 Å². The monoisotopic (exact) mass is 291 g/mol. The van der Waals surface area contributed by atoms with Gasteiger partial charge in [-0.1, -0.05) is 31.2 Å². The molecule has 0 saturated carbocycles. The first-order chi connectivity index (χ1) is 9.53. The van der Waals surface area contributed by atoms with Crippen LogP contribution in [0.2, 0.25) is 0 Å². The first kappa shape index (κ1) is 14.4. The van der Waals surface area contributed by atoms with E-state index in [4.69, 9.17) is 0 Å². The summed E-state index contributed by atoms with van der Waals surface area (Å²) < 4.78 is 24.0. The number of sulfone groups is 1. The predicted molar refractivity (Wildman–Crippen MR) is 79.6 cm³/mol. The van der Waals surface area contributed by atoms with Crippen molar-refractivity contribution in [2.24, 2.45) is 0 Å². The summed E-state index contributed by atoms with van der Waals surface area (Å²) in [4.78, 5) is 0.321. The van der Waals surface area contributed by atoms with Crippen molar-refractivity contribution in [3.8, 4) is 5.75 Å². The largest absolute Gasteiger partial charge is 0.508 e. The first-order valence-electron chi connectivity index (χ1n) is 6.36. The molecular formula is C15H17NO3S. The smallest absolute Gasteiger partial charge is 0.180 e. The maximum atomic E-state index is 12.0. The van der Waals surface area contributed by atoms with Crippen LogP contribution < -0.4 is 5.32 Å². The Labute approximate surface area is 119 Å². The van der Waals surface area contributed by atoms with E-state index in [1.807, 2.05) is 0 Å². The predicted octanol–water partition coefficient (Wildman–Crippen LogP) is 2.80. The van der Waals surface area contributed by atoms with Gasteiger partial charge >= 0.3 is 0 Å². The Morgan fingerprint density at radius 3 is 2.35 bits per heavy atom. The molecule has 0 heterocycles. The van der Waals surface area contributed by atoms with E-state index >= 15 is 0 Å². The zero-order chi connectivity index (χ0) is 14.6. The molecule has 0 atom stereocenters. The van der Waals surface area contributed by atoms with Crippen LogP contribution in [-0.2, 0) is 16.4 Å². The third-order valence-corrected chi connectivity index (χ3v) is 4.81. The van der Waals surface area contributed by atoms with Gasteiger partial charge in [-0.3, -0.25) is 0 Å². The van der Waals surface area contributed by atoms with Crippen LogP contribution in [0.15, 0.2) is 53.4 Å². The van der Waals surface area contributed by atoms with Crippen LogP contribution in [0.4, 0.5) is 5.69 Å². The van der Waals surface area contributed by atoms with E-state index in [1.54, 1.807) is 55.5 Å². The molecule has 0 saturated heterocycles. The Morgan fingerprint density at radius 2 is 1.70 bits per heavy atom. The fourth-order valence-electron chi connectivity index (χ4n) is 1.85. The zero-order valence-corrected chi connectivity index (χ0v) is 12.0. The molecule has 0 fully saturated rings. The molecule has 20 heavy (non-hydrogen) atoms. The Kier molecular flexibility index (Phi) is 4.29. The molecule has 106 valence electrons. The van der Waals surface area contributed by atoms with E-state index in [9.17, 15) is 13.5 Å². The Bertz CT molecular complexity index is 679. The lowest BCUT2D eigenvalue weighted by Gasteiger charge is -2.11. The zero-order valence-electron chi connectivity index (χ0n) is 11.2. The van der Waals surface area contributed by atoms with Crippen LogP contribution in [0, 0.1) is 0 Å². The van der Waals surface area contributed by atoms with Crippen LogP contribution >= 0.6 is 0 Å². The van der Waals surface area contributed by atoms with Crippen molar-refractivity contribution in [2.75, 3.05) is 11.1 Å². The van der Waals surface area contributed by atoms with Crippen molar-refractivity contribution in [3.05, 3.63) is 54.1 Å². The number of benzene rings is 2. The highest BCUT2D eigenvalue weighted by molar-refractivity contribution is 7.91. The minimum Gasteiger partial charge on any atom is -0.508 e. The lowest BCUT2D eigenvalue weighted by atomic mass is 10.2. The molecule has 0 amide bonds. The normalized spacial score (nSPS) is 11.2. The Hall–Kier alpha value is -2.01. The topological polar surface area (TPSA) is 66.4 Å². The molecule has 2 aromatic carbocycles. The van der Waals surface area contributed by atoms with E-state index in [1.165, 1.54) is 0 Å². The second kappa shape index (κ2) is 5.96. The van der Waals surface area contributed by atoms with Gasteiger partial charge < -0.3 is 10.4 Å². The van der Waals surface area contributed by atoms with Gasteiger partial charge in [-0.25, -0.2) is 8.42 Å². The Balaban J connectivity index is 2.20. The van der Waals surface area contributed by atoms with Gasteiger partial charge in [0, 0.05) is 6.54 Å². The van der Waals surface area contributed by atoms with Gasteiger partial charge in [0.1, 0.15) is 5.75 Å². The molecule has 2 aromatic rings. The first-order valence-corrected chi connectivity index (χ1v) is 8.01. The summed E-state index contributed by atoms with van der Waals surface area (Å²) >= 11 is 0. The SMILES string of the molecule is CCS(=O)(=O)c1ccccc1NCc1ccc(O)cc1. The van der Waals surface area contributed by atoms with E-state index in [0.717, 1.165) is 5.56 Å². The van der Waals surface area contributed by atoms with Crippen molar-refractivity contribution >= 4 is 15.5 Å². The minimum absolute atomic E-state index is 0.0743. The van der Waals surface area contributed by atoms with Crippen LogP contribution in [0.25, 0.3) is 0 Å². The second-order valence-corrected chi connectivity index (χ2v) is 6.67. The average molecular weight is 291 g/mol. The number of anilines is 1. The number of phenolic OH excluding ortho intramolecular Hbond substituents is 1. The summed E-state index contributed by atoms with van der Waals surface area (Å²) in [5, 5.41) is 12.4. The highest BCUT2D eigenvalue weighted by Gasteiger charge is 2.15. The summed E-state index contributed by atoms with van der Waals surface area (Å²) in [6.07, 6.45) is 0. The maximum Gasteiger partial charge on any atom is 0.180 e. The van der Waals surface area contributed by atoms with E-state index in [-0.39, 0.29) is 11.5 Å². The van der Waals surface area contributed by atoms with Crippen molar-refractivity contribution in [1.29, 1.82) is 0 Å². The highest BCUT2D eigenvalue weighted by Crippen LogP contribution is 2.22.